The molecule has 1 aromatic heterocycles. The highest BCUT2D eigenvalue weighted by Gasteiger charge is 1.94. The number of nitrogens with one attached hydrogen (secondary N) is 2. The molecule has 0 aliphatic carbocycles. The van der Waals surface area contributed by atoms with Crippen molar-refractivity contribution in [2.24, 2.45) is 10.1 Å². The first-order chi connectivity index (χ1) is 10.3. The maximum atomic E-state index is 7.05. The lowest BCUT2D eigenvalue weighted by molar-refractivity contribution is 0.232. The van der Waals surface area contributed by atoms with E-state index in [4.69, 9.17) is 10.2 Å². The summed E-state index contributed by atoms with van der Waals surface area (Å²) in [6, 6.07) is 0. The second kappa shape index (κ2) is 10.0. The smallest absolute Gasteiger partial charge is 0.134 e. The number of rotatable bonds is 8. The molecule has 7 nitrogen and oxygen atoms in total. The SMILES string of the molecule is C/C=N/O/C(C)=C/C(/C=C/NCc1cnccn1)=N/C=N. The maximum absolute atomic E-state index is 7.05. The van der Waals surface area contributed by atoms with E-state index in [1.165, 1.54) is 0 Å². The third-order valence-electron chi connectivity index (χ3n) is 2.14. The minimum atomic E-state index is 0.557. The fraction of sp³-hybridized carbons (Fsp3) is 0.214. The van der Waals surface area contributed by atoms with E-state index >= 15 is 0 Å². The van der Waals surface area contributed by atoms with Crippen molar-refractivity contribution in [1.82, 2.24) is 15.3 Å². The number of hydrogen-bond acceptors (Lipinski definition) is 6. The minimum Gasteiger partial charge on any atom is -0.385 e. The van der Waals surface area contributed by atoms with E-state index in [0.29, 0.717) is 18.0 Å². The van der Waals surface area contributed by atoms with Gasteiger partial charge < -0.3 is 10.2 Å². The van der Waals surface area contributed by atoms with Crippen molar-refractivity contribution in [2.45, 2.75) is 20.4 Å². The summed E-state index contributed by atoms with van der Waals surface area (Å²) in [4.78, 5) is 17.1. The Morgan fingerprint density at radius 1 is 1.48 bits per heavy atom. The molecule has 2 N–H and O–H groups in total. The van der Waals surface area contributed by atoms with Gasteiger partial charge in [0.25, 0.3) is 0 Å². The molecular formula is C14H18N6O. The molecule has 0 saturated heterocycles. The summed E-state index contributed by atoms with van der Waals surface area (Å²) in [5.74, 6) is 0.576. The number of oxime groups is 1. The van der Waals surface area contributed by atoms with E-state index in [1.807, 2.05) is 0 Å². The van der Waals surface area contributed by atoms with E-state index in [-0.39, 0.29) is 0 Å². The number of aliphatic imine (C=N–C) groups is 1. The largest absolute Gasteiger partial charge is 0.385 e. The molecule has 1 rings (SSSR count). The molecule has 110 valence electrons. The van der Waals surface area contributed by atoms with Gasteiger partial charge in [-0.2, -0.15) is 0 Å². The fourth-order valence-electron chi connectivity index (χ4n) is 1.30. The molecule has 0 aliphatic heterocycles. The van der Waals surface area contributed by atoms with Crippen LogP contribution in [0.1, 0.15) is 19.5 Å². The van der Waals surface area contributed by atoms with Crippen LogP contribution in [0.4, 0.5) is 0 Å². The molecule has 7 heteroatoms. The lowest BCUT2D eigenvalue weighted by Gasteiger charge is -2.00. The highest BCUT2D eigenvalue weighted by Crippen LogP contribution is 1.98. The number of nitrogens with zero attached hydrogens (tertiary/aromatic N) is 4. The lowest BCUT2D eigenvalue weighted by Crippen LogP contribution is -2.07. The average molecular weight is 286 g/mol. The minimum absolute atomic E-state index is 0.557. The first-order valence-electron chi connectivity index (χ1n) is 6.31. The van der Waals surface area contributed by atoms with Crippen LogP contribution in [-0.2, 0) is 11.4 Å². The molecule has 0 amide bonds. The van der Waals surface area contributed by atoms with Crippen LogP contribution in [0.25, 0.3) is 0 Å². The first-order valence-corrected chi connectivity index (χ1v) is 6.31. The molecule has 0 saturated carbocycles. The summed E-state index contributed by atoms with van der Waals surface area (Å²) >= 11 is 0. The Balaban J connectivity index is 2.56. The maximum Gasteiger partial charge on any atom is 0.134 e. The Hall–Kier alpha value is -2.83. The highest BCUT2D eigenvalue weighted by atomic mass is 16.6. The Labute approximate surface area is 123 Å². The summed E-state index contributed by atoms with van der Waals surface area (Å²) in [5, 5.41) is 13.8. The van der Waals surface area contributed by atoms with Crippen LogP contribution in [0.3, 0.4) is 0 Å². The molecule has 1 heterocycles. The van der Waals surface area contributed by atoms with Crippen molar-refractivity contribution in [2.75, 3.05) is 0 Å². The lowest BCUT2D eigenvalue weighted by atomic mass is 10.3. The molecule has 0 spiro atoms. The highest BCUT2D eigenvalue weighted by molar-refractivity contribution is 6.07. The quantitative estimate of drug-likeness (QED) is 0.331. The Morgan fingerprint density at radius 3 is 3.00 bits per heavy atom. The van der Waals surface area contributed by atoms with Gasteiger partial charge >= 0.3 is 0 Å². The third-order valence-corrected chi connectivity index (χ3v) is 2.14. The molecule has 0 bridgehead atoms. The van der Waals surface area contributed by atoms with Crippen molar-refractivity contribution in [3.63, 3.8) is 0 Å². The van der Waals surface area contributed by atoms with Crippen LogP contribution in [0.15, 0.2) is 52.8 Å². The summed E-state index contributed by atoms with van der Waals surface area (Å²) in [6.07, 6.45) is 12.6. The molecule has 0 radical (unpaired) electrons. The second-order valence-electron chi connectivity index (χ2n) is 3.80. The van der Waals surface area contributed by atoms with Gasteiger partial charge in [-0.05, 0) is 26.1 Å². The van der Waals surface area contributed by atoms with Gasteiger partial charge in [-0.25, -0.2) is 4.99 Å². The predicted molar refractivity (Wildman–Crippen MR) is 83.2 cm³/mol. The fourth-order valence-corrected chi connectivity index (χ4v) is 1.30. The predicted octanol–water partition coefficient (Wildman–Crippen LogP) is 2.05. The van der Waals surface area contributed by atoms with Crippen LogP contribution in [-0.4, -0.2) is 28.2 Å². The molecule has 0 fully saturated rings. The summed E-state index contributed by atoms with van der Waals surface area (Å²) in [6.45, 7) is 4.07. The Bertz CT molecular complexity index is 548. The number of aromatic nitrogens is 2. The van der Waals surface area contributed by atoms with Crippen LogP contribution in [0.5, 0.6) is 0 Å². The standard InChI is InChI=1S/C14H18N6O/c1-3-20-21-12(2)8-13(19-11-15)4-5-16-9-14-10-17-6-7-18-14/h3-8,10-11,15-16H,9H2,1-2H3/b5-4+,12-8+,15-11?,19-13+,20-3+. The van der Waals surface area contributed by atoms with Gasteiger partial charge in [0, 0.05) is 24.7 Å². The molecule has 0 aliphatic rings. The van der Waals surface area contributed by atoms with Gasteiger partial charge in [0.15, 0.2) is 0 Å². The van der Waals surface area contributed by atoms with Crippen molar-refractivity contribution >= 4 is 18.3 Å². The molecule has 0 unspecified atom stereocenters. The van der Waals surface area contributed by atoms with E-state index in [0.717, 1.165) is 12.0 Å². The van der Waals surface area contributed by atoms with Crippen LogP contribution in [0, 0.1) is 5.41 Å². The zero-order valence-corrected chi connectivity index (χ0v) is 12.0. The van der Waals surface area contributed by atoms with Gasteiger partial charge in [0.05, 0.1) is 24.1 Å². The van der Waals surface area contributed by atoms with Crippen molar-refractivity contribution < 1.29 is 4.84 Å². The van der Waals surface area contributed by atoms with Gasteiger partial charge in [0.2, 0.25) is 0 Å². The van der Waals surface area contributed by atoms with E-state index < -0.39 is 0 Å². The van der Waals surface area contributed by atoms with Crippen molar-refractivity contribution in [1.29, 1.82) is 5.41 Å². The zero-order chi connectivity index (χ0) is 15.3. The molecule has 0 aromatic carbocycles. The monoisotopic (exact) mass is 286 g/mol. The number of allylic oxidation sites excluding steroid dienone is 3. The van der Waals surface area contributed by atoms with Crippen LogP contribution in [0.2, 0.25) is 0 Å². The molecular weight excluding hydrogens is 268 g/mol. The van der Waals surface area contributed by atoms with E-state index in [9.17, 15) is 0 Å². The van der Waals surface area contributed by atoms with Crippen molar-refractivity contribution in [3.8, 4) is 0 Å². The summed E-state index contributed by atoms with van der Waals surface area (Å²) in [5.41, 5.74) is 1.40. The van der Waals surface area contributed by atoms with Crippen molar-refractivity contribution in [3.05, 3.63) is 48.4 Å². The summed E-state index contributed by atoms with van der Waals surface area (Å²) < 4.78 is 0. The number of hydrogen-bond donors (Lipinski definition) is 2. The molecule has 0 atom stereocenters. The van der Waals surface area contributed by atoms with Gasteiger partial charge in [-0.15, -0.1) is 0 Å². The third kappa shape index (κ3) is 7.36. The molecule has 1 aromatic rings. The topological polar surface area (TPSA) is 95.6 Å². The van der Waals surface area contributed by atoms with Crippen LogP contribution >= 0.6 is 0 Å². The normalized spacial score (nSPS) is 12.9. The van der Waals surface area contributed by atoms with Gasteiger partial charge in [-0.1, -0.05) is 5.16 Å². The van der Waals surface area contributed by atoms with E-state index in [1.54, 1.807) is 57.0 Å². The average Bonchev–Trinajstić information content (AvgIpc) is 2.50. The first kappa shape index (κ1) is 16.2. The zero-order valence-electron chi connectivity index (χ0n) is 12.0. The summed E-state index contributed by atoms with van der Waals surface area (Å²) in [7, 11) is 0. The van der Waals surface area contributed by atoms with Crippen LogP contribution < -0.4 is 5.32 Å². The second-order valence-corrected chi connectivity index (χ2v) is 3.80. The van der Waals surface area contributed by atoms with E-state index in [2.05, 4.69) is 25.4 Å². The van der Waals surface area contributed by atoms with Gasteiger partial charge in [-0.3, -0.25) is 15.4 Å². The Morgan fingerprint density at radius 2 is 2.33 bits per heavy atom. The van der Waals surface area contributed by atoms with Gasteiger partial charge in [0.1, 0.15) is 12.1 Å². The molecule has 21 heavy (non-hydrogen) atoms. The Kier molecular flexibility index (Phi) is 7.74.